The number of unbranched alkanes of at least 4 members (excludes halogenated alkanes) is 4. The number of rotatable bonds is 26. The molecule has 3 N–H and O–H groups in total. The van der Waals surface area contributed by atoms with Crippen LogP contribution >= 0.6 is 8.38 Å². The first kappa shape index (κ1) is 39.3. The highest BCUT2D eigenvalue weighted by Crippen LogP contribution is 2.32. The Balaban J connectivity index is 0. The molecule has 226 valence electrons. The number of likely N-dealkylation sites (N-methyl/N-ethyl adjacent to an activating group) is 1. The largest absolute Gasteiger partial charge is 0.483 e. The second kappa shape index (κ2) is 36.2. The second-order valence-electron chi connectivity index (χ2n) is 8.61. The Kier molecular flexibility index (Phi) is 36.5. The van der Waals surface area contributed by atoms with Crippen LogP contribution in [-0.4, -0.2) is 70.7 Å². The molecule has 1 unspecified atom stereocenters. The fourth-order valence-corrected chi connectivity index (χ4v) is 3.87. The van der Waals surface area contributed by atoms with Gasteiger partial charge in [0.15, 0.2) is 8.38 Å². The fourth-order valence-electron chi connectivity index (χ4n) is 3.06. The molecule has 0 aromatic heterocycles. The van der Waals surface area contributed by atoms with Crippen molar-refractivity contribution in [3.05, 3.63) is 48.6 Å². The molecular weight excluding hydrogens is 515 g/mol. The van der Waals surface area contributed by atoms with Gasteiger partial charge in [0.25, 0.3) is 6.47 Å². The van der Waals surface area contributed by atoms with Gasteiger partial charge in [-0.3, -0.25) is 9.59 Å². The Morgan fingerprint density at radius 3 is 1.92 bits per heavy atom. The van der Waals surface area contributed by atoms with Gasteiger partial charge in [-0.25, -0.2) is 0 Å². The first-order valence-electron chi connectivity index (χ1n) is 14.3. The number of carbonyl (C=O) groups excluding carboxylic acids is 1. The fraction of sp³-hybridized carbons (Fsp3) is 0.667. The summed E-state index contributed by atoms with van der Waals surface area (Å²) < 4.78 is 16.7. The lowest BCUT2D eigenvalue weighted by atomic mass is 10.2. The van der Waals surface area contributed by atoms with Crippen LogP contribution in [0.2, 0.25) is 0 Å². The Morgan fingerprint density at radius 1 is 0.769 bits per heavy atom. The summed E-state index contributed by atoms with van der Waals surface area (Å²) in [4.78, 5) is 20.2. The van der Waals surface area contributed by atoms with E-state index in [2.05, 4.69) is 66.2 Å². The van der Waals surface area contributed by atoms with Gasteiger partial charge in [0, 0.05) is 32.8 Å². The summed E-state index contributed by atoms with van der Waals surface area (Å²) in [6.07, 6.45) is 29.0. The van der Waals surface area contributed by atoms with Gasteiger partial charge in [-0.15, -0.1) is 0 Å². The van der Waals surface area contributed by atoms with Crippen molar-refractivity contribution >= 4 is 20.8 Å². The van der Waals surface area contributed by atoms with Crippen LogP contribution in [0.5, 0.6) is 0 Å². The normalized spacial score (nSPS) is 12.4. The van der Waals surface area contributed by atoms with Gasteiger partial charge in [0.05, 0.1) is 19.8 Å². The molecule has 0 aromatic carbocycles. The van der Waals surface area contributed by atoms with E-state index in [1.165, 1.54) is 25.7 Å². The molecule has 0 saturated heterocycles. The zero-order valence-electron chi connectivity index (χ0n) is 24.7. The van der Waals surface area contributed by atoms with Crippen LogP contribution in [0.15, 0.2) is 48.6 Å². The molecular formula is C30H55N2O6P. The topological polar surface area (TPSA) is 106 Å². The number of hydrogen-bond donors (Lipinski definition) is 3. The highest BCUT2D eigenvalue weighted by Gasteiger charge is 2.02. The van der Waals surface area contributed by atoms with Crippen LogP contribution in [0.1, 0.15) is 77.6 Å². The summed E-state index contributed by atoms with van der Waals surface area (Å²) >= 11 is 0. The van der Waals surface area contributed by atoms with Crippen LogP contribution in [-0.2, 0) is 23.4 Å². The smallest absolute Gasteiger partial charge is 0.290 e. The van der Waals surface area contributed by atoms with Crippen molar-refractivity contribution in [2.45, 2.75) is 77.6 Å². The van der Waals surface area contributed by atoms with E-state index in [1.807, 2.05) is 13.7 Å². The molecule has 0 aliphatic heterocycles. The molecule has 1 atom stereocenters. The first-order valence-corrected chi connectivity index (χ1v) is 15.9. The maximum Gasteiger partial charge on any atom is 0.290 e. The highest BCUT2D eigenvalue weighted by atomic mass is 31.2. The highest BCUT2D eigenvalue weighted by molar-refractivity contribution is 7.46. The summed E-state index contributed by atoms with van der Waals surface area (Å²) in [6, 6.07) is 0. The average Bonchev–Trinajstić information content (AvgIpc) is 2.92. The second-order valence-corrected chi connectivity index (χ2v) is 10.0. The number of amides is 1. The summed E-state index contributed by atoms with van der Waals surface area (Å²) in [7, 11) is 1.09. The van der Waals surface area contributed by atoms with Gasteiger partial charge in [0.2, 0.25) is 5.91 Å². The number of allylic oxidation sites excluding steroid dienone is 8. The lowest BCUT2D eigenvalue weighted by Crippen LogP contribution is -2.27. The number of carbonyl (C=O) groups is 2. The molecule has 0 rings (SSSR count). The van der Waals surface area contributed by atoms with Gasteiger partial charge in [-0.1, -0.05) is 68.4 Å². The Hall–Kier alpha value is -1.83. The van der Waals surface area contributed by atoms with Crippen molar-refractivity contribution in [2.75, 3.05) is 53.2 Å². The van der Waals surface area contributed by atoms with E-state index in [-0.39, 0.29) is 12.4 Å². The molecule has 0 aromatic rings. The van der Waals surface area contributed by atoms with E-state index in [1.54, 1.807) is 0 Å². The summed E-state index contributed by atoms with van der Waals surface area (Å²) in [6.45, 7) is 7.79. The third kappa shape index (κ3) is 38.4. The van der Waals surface area contributed by atoms with E-state index < -0.39 is 8.38 Å². The summed E-state index contributed by atoms with van der Waals surface area (Å²) in [5.74, 6) is 0.0909. The Morgan fingerprint density at radius 2 is 1.33 bits per heavy atom. The number of nitrogens with one attached hydrogen (secondary N) is 2. The predicted octanol–water partition coefficient (Wildman–Crippen LogP) is 6.55. The molecule has 0 fully saturated rings. The van der Waals surface area contributed by atoms with Gasteiger partial charge >= 0.3 is 0 Å². The zero-order valence-corrected chi connectivity index (χ0v) is 25.5. The third-order valence-corrected chi connectivity index (χ3v) is 6.22. The Bertz CT molecular complexity index is 641. The predicted molar refractivity (Wildman–Crippen MR) is 164 cm³/mol. The molecule has 8 nitrogen and oxygen atoms in total. The summed E-state index contributed by atoms with van der Waals surface area (Å²) in [5, 5.41) is 12.8. The Labute approximate surface area is 239 Å². The number of hydrogen-bond acceptors (Lipinski definition) is 6. The molecule has 0 heterocycles. The van der Waals surface area contributed by atoms with E-state index in [9.17, 15) is 4.79 Å². The van der Waals surface area contributed by atoms with E-state index >= 15 is 0 Å². The van der Waals surface area contributed by atoms with Crippen molar-refractivity contribution in [1.82, 2.24) is 10.6 Å². The van der Waals surface area contributed by atoms with Crippen LogP contribution < -0.4 is 10.6 Å². The monoisotopic (exact) mass is 570 g/mol. The van der Waals surface area contributed by atoms with Crippen LogP contribution in [0, 0.1) is 0 Å². The standard InChI is InChI=1S/C29H53N2O4P.CH2O2/c1-4-5-6-7-8-9-10-11-12-13-14-15-16-17-18-19-20-22-29(32)31-24-27-33-25-21-26-34-36(3)35-28-23-30-2;2-1-3/h8-9,11-12,14-15,17-18,30H,4-7,10,13,16,19-28H2,1-3H3,(H,31,32);1H,(H,2,3)/b9-8-,12-11-,15-14-,18-17-;. The van der Waals surface area contributed by atoms with E-state index in [4.69, 9.17) is 23.7 Å². The van der Waals surface area contributed by atoms with Gasteiger partial charge in [-0.05, 0) is 58.4 Å². The maximum atomic E-state index is 11.9. The molecule has 0 saturated carbocycles. The zero-order chi connectivity index (χ0) is 29.1. The van der Waals surface area contributed by atoms with Crippen molar-refractivity contribution in [1.29, 1.82) is 0 Å². The van der Waals surface area contributed by atoms with Crippen LogP contribution in [0.3, 0.4) is 0 Å². The van der Waals surface area contributed by atoms with Gasteiger partial charge < -0.3 is 29.5 Å². The van der Waals surface area contributed by atoms with Crippen molar-refractivity contribution in [2.24, 2.45) is 0 Å². The SMILES string of the molecule is CCCCC/C=C\C/C=C\C/C=C\C/C=C\CCCC(=O)NCCOCCCOP(C)OCCNC.O=CO. The molecule has 0 aliphatic rings. The lowest BCUT2D eigenvalue weighted by molar-refractivity contribution is -0.123. The molecule has 0 radical (unpaired) electrons. The number of ether oxygens (including phenoxy) is 1. The summed E-state index contributed by atoms with van der Waals surface area (Å²) in [5.41, 5.74) is 0. The van der Waals surface area contributed by atoms with Crippen molar-refractivity contribution < 1.29 is 28.5 Å². The van der Waals surface area contributed by atoms with Crippen molar-refractivity contribution in [3.8, 4) is 0 Å². The molecule has 0 spiro atoms. The molecule has 39 heavy (non-hydrogen) atoms. The average molecular weight is 571 g/mol. The molecule has 0 aliphatic carbocycles. The maximum absolute atomic E-state index is 11.9. The molecule has 1 amide bonds. The van der Waals surface area contributed by atoms with Crippen LogP contribution in [0.4, 0.5) is 0 Å². The van der Waals surface area contributed by atoms with Crippen LogP contribution in [0.25, 0.3) is 0 Å². The van der Waals surface area contributed by atoms with Gasteiger partial charge in [0.1, 0.15) is 0 Å². The van der Waals surface area contributed by atoms with Gasteiger partial charge in [-0.2, -0.15) is 0 Å². The minimum atomic E-state index is -0.812. The van der Waals surface area contributed by atoms with E-state index in [0.717, 1.165) is 45.1 Å². The first-order chi connectivity index (χ1) is 19.1. The number of carboxylic acid groups (broad SMARTS) is 1. The minimum absolute atomic E-state index is 0.0909. The minimum Gasteiger partial charge on any atom is -0.483 e. The lowest BCUT2D eigenvalue weighted by Gasteiger charge is -2.13. The quantitative estimate of drug-likeness (QED) is 0.0469. The van der Waals surface area contributed by atoms with E-state index in [0.29, 0.717) is 39.4 Å². The molecule has 9 heteroatoms. The van der Waals surface area contributed by atoms with Crippen molar-refractivity contribution in [3.63, 3.8) is 0 Å². The third-order valence-electron chi connectivity index (χ3n) is 5.13. The molecule has 0 bridgehead atoms.